The molecule has 0 bridgehead atoms. The molecule has 0 aromatic carbocycles. The zero-order chi connectivity index (χ0) is 13.1. The van der Waals surface area contributed by atoms with E-state index in [9.17, 15) is 8.42 Å². The molecular formula is C10H18ClN3O2S. The first kappa shape index (κ1) is 14.5. The topological polar surface area (TPSA) is 55.2 Å². The van der Waals surface area contributed by atoms with E-state index in [-0.39, 0.29) is 10.9 Å². The molecule has 0 N–H and O–H groups in total. The molecule has 0 amide bonds. The summed E-state index contributed by atoms with van der Waals surface area (Å²) < 4.78 is 27.6. The summed E-state index contributed by atoms with van der Waals surface area (Å²) in [7, 11) is -3.51. The van der Waals surface area contributed by atoms with Crippen molar-refractivity contribution in [3.63, 3.8) is 0 Å². The standard InChI is InChI=1S/C10H18ClN3O2S/c1-4-13-8-10(12-9(13)3)17(15,16)14(5-2)7-6-11/h8H,4-7H2,1-3H3. The summed E-state index contributed by atoms with van der Waals surface area (Å²) in [6.07, 6.45) is 1.57. The smallest absolute Gasteiger partial charge is 0.262 e. The van der Waals surface area contributed by atoms with Crippen LogP contribution in [0.3, 0.4) is 0 Å². The molecule has 0 saturated carbocycles. The lowest BCUT2D eigenvalue weighted by Crippen LogP contribution is -2.32. The van der Waals surface area contributed by atoms with Gasteiger partial charge in [-0.15, -0.1) is 11.6 Å². The monoisotopic (exact) mass is 279 g/mol. The Balaban J connectivity index is 3.11. The first-order valence-corrected chi connectivity index (χ1v) is 7.54. The van der Waals surface area contributed by atoms with E-state index in [1.165, 1.54) is 4.31 Å². The highest BCUT2D eigenvalue weighted by molar-refractivity contribution is 7.89. The van der Waals surface area contributed by atoms with Crippen molar-refractivity contribution in [3.05, 3.63) is 12.0 Å². The Hall–Kier alpha value is -0.590. The van der Waals surface area contributed by atoms with Gasteiger partial charge in [-0.2, -0.15) is 4.31 Å². The molecule has 0 saturated heterocycles. The summed E-state index contributed by atoms with van der Waals surface area (Å²) in [6.45, 7) is 6.93. The van der Waals surface area contributed by atoms with Gasteiger partial charge in [0.1, 0.15) is 5.82 Å². The van der Waals surface area contributed by atoms with Crippen molar-refractivity contribution in [1.29, 1.82) is 0 Å². The number of aromatic nitrogens is 2. The molecule has 0 unspecified atom stereocenters. The lowest BCUT2D eigenvalue weighted by Gasteiger charge is -2.17. The largest absolute Gasteiger partial charge is 0.334 e. The first-order valence-electron chi connectivity index (χ1n) is 5.57. The molecule has 0 radical (unpaired) electrons. The average molecular weight is 280 g/mol. The third-order valence-corrected chi connectivity index (χ3v) is 4.60. The molecule has 17 heavy (non-hydrogen) atoms. The van der Waals surface area contributed by atoms with Gasteiger partial charge in [0.25, 0.3) is 10.0 Å². The fourth-order valence-electron chi connectivity index (χ4n) is 1.60. The first-order chi connectivity index (χ1) is 7.97. The van der Waals surface area contributed by atoms with E-state index >= 15 is 0 Å². The molecule has 7 heteroatoms. The molecule has 1 aromatic heterocycles. The maximum Gasteiger partial charge on any atom is 0.262 e. The normalized spacial score (nSPS) is 12.3. The number of halogens is 1. The van der Waals surface area contributed by atoms with Gasteiger partial charge in [0.15, 0.2) is 5.03 Å². The molecule has 1 rings (SSSR count). The summed E-state index contributed by atoms with van der Waals surface area (Å²) in [5.41, 5.74) is 0. The van der Waals surface area contributed by atoms with Crippen molar-refractivity contribution in [1.82, 2.24) is 13.9 Å². The number of rotatable bonds is 6. The molecular weight excluding hydrogens is 262 g/mol. The van der Waals surface area contributed by atoms with Crippen LogP contribution in [0.5, 0.6) is 0 Å². The molecule has 0 fully saturated rings. The molecule has 5 nitrogen and oxygen atoms in total. The molecule has 1 heterocycles. The summed E-state index contributed by atoms with van der Waals surface area (Å²) in [6, 6.07) is 0. The summed E-state index contributed by atoms with van der Waals surface area (Å²) in [5, 5.41) is 0.101. The van der Waals surface area contributed by atoms with Gasteiger partial charge in [0.2, 0.25) is 0 Å². The van der Waals surface area contributed by atoms with E-state index in [4.69, 9.17) is 11.6 Å². The van der Waals surface area contributed by atoms with E-state index in [0.29, 0.717) is 25.5 Å². The van der Waals surface area contributed by atoms with Crippen LogP contribution < -0.4 is 0 Å². The van der Waals surface area contributed by atoms with Crippen molar-refractivity contribution in [2.24, 2.45) is 0 Å². The Morgan fingerprint density at radius 1 is 1.47 bits per heavy atom. The molecule has 0 atom stereocenters. The van der Waals surface area contributed by atoms with Crippen LogP contribution in [-0.2, 0) is 16.6 Å². The third kappa shape index (κ3) is 3.00. The van der Waals surface area contributed by atoms with Crippen molar-refractivity contribution >= 4 is 21.6 Å². The van der Waals surface area contributed by atoms with E-state index in [1.807, 2.05) is 6.92 Å². The number of hydrogen-bond donors (Lipinski definition) is 0. The predicted molar refractivity (Wildman–Crippen MR) is 67.8 cm³/mol. The van der Waals surface area contributed by atoms with Gasteiger partial charge in [-0.3, -0.25) is 0 Å². The number of alkyl halides is 1. The lowest BCUT2D eigenvalue weighted by molar-refractivity contribution is 0.444. The van der Waals surface area contributed by atoms with Crippen LogP contribution in [0.15, 0.2) is 11.2 Å². The molecule has 0 aliphatic heterocycles. The van der Waals surface area contributed by atoms with E-state index in [2.05, 4.69) is 4.98 Å². The number of sulfonamides is 1. The zero-order valence-corrected chi connectivity index (χ0v) is 11.9. The Morgan fingerprint density at radius 2 is 2.12 bits per heavy atom. The second kappa shape index (κ2) is 5.84. The number of nitrogens with zero attached hydrogens (tertiary/aromatic N) is 3. The number of imidazole rings is 1. The minimum atomic E-state index is -3.51. The Bertz CT molecular complexity index is 470. The van der Waals surface area contributed by atoms with E-state index < -0.39 is 10.0 Å². The lowest BCUT2D eigenvalue weighted by atomic mass is 10.6. The van der Waals surface area contributed by atoms with Gasteiger partial charge in [-0.25, -0.2) is 13.4 Å². The maximum absolute atomic E-state index is 12.2. The molecule has 98 valence electrons. The zero-order valence-electron chi connectivity index (χ0n) is 10.4. The van der Waals surface area contributed by atoms with Gasteiger partial charge in [0, 0.05) is 31.7 Å². The Labute approximate surface area is 107 Å². The second-order valence-corrected chi connectivity index (χ2v) is 5.86. The van der Waals surface area contributed by atoms with Crippen LogP contribution in [0.25, 0.3) is 0 Å². The van der Waals surface area contributed by atoms with Gasteiger partial charge < -0.3 is 4.57 Å². The van der Waals surface area contributed by atoms with Crippen LogP contribution in [0.1, 0.15) is 19.7 Å². The van der Waals surface area contributed by atoms with Gasteiger partial charge in [-0.1, -0.05) is 6.92 Å². The highest BCUT2D eigenvalue weighted by Gasteiger charge is 2.25. The van der Waals surface area contributed by atoms with E-state index in [1.54, 1.807) is 24.6 Å². The quantitative estimate of drug-likeness (QED) is 0.741. The van der Waals surface area contributed by atoms with Crippen LogP contribution >= 0.6 is 11.6 Å². The Kier molecular flexibility index (Phi) is 4.97. The molecule has 1 aromatic rings. The van der Waals surface area contributed by atoms with Crippen LogP contribution in [0.4, 0.5) is 0 Å². The predicted octanol–water partition coefficient (Wildman–Crippen LogP) is 1.46. The van der Waals surface area contributed by atoms with E-state index in [0.717, 1.165) is 0 Å². The van der Waals surface area contributed by atoms with Crippen molar-refractivity contribution in [3.8, 4) is 0 Å². The van der Waals surface area contributed by atoms with Crippen LogP contribution in [0, 0.1) is 6.92 Å². The molecule has 0 spiro atoms. The molecule has 0 aliphatic rings. The molecule has 0 aliphatic carbocycles. The number of hydrogen-bond acceptors (Lipinski definition) is 3. The van der Waals surface area contributed by atoms with Crippen LogP contribution in [-0.4, -0.2) is 41.2 Å². The highest BCUT2D eigenvalue weighted by atomic mass is 35.5. The summed E-state index contributed by atoms with van der Waals surface area (Å²) in [4.78, 5) is 4.09. The fourth-order valence-corrected chi connectivity index (χ4v) is 3.35. The number of aryl methyl sites for hydroxylation is 2. The van der Waals surface area contributed by atoms with Gasteiger partial charge in [0.05, 0.1) is 0 Å². The van der Waals surface area contributed by atoms with Crippen LogP contribution in [0.2, 0.25) is 0 Å². The minimum Gasteiger partial charge on any atom is -0.334 e. The maximum atomic E-state index is 12.2. The van der Waals surface area contributed by atoms with Gasteiger partial charge in [-0.05, 0) is 13.8 Å². The third-order valence-electron chi connectivity index (χ3n) is 2.59. The van der Waals surface area contributed by atoms with Gasteiger partial charge >= 0.3 is 0 Å². The van der Waals surface area contributed by atoms with Crippen molar-refractivity contribution < 1.29 is 8.42 Å². The summed E-state index contributed by atoms with van der Waals surface area (Å²) >= 11 is 5.60. The van der Waals surface area contributed by atoms with Crippen molar-refractivity contribution in [2.75, 3.05) is 19.0 Å². The fraction of sp³-hybridized carbons (Fsp3) is 0.700. The summed E-state index contributed by atoms with van der Waals surface area (Å²) in [5.74, 6) is 0.980. The second-order valence-electron chi connectivity index (χ2n) is 3.60. The average Bonchev–Trinajstić information content (AvgIpc) is 2.67. The SMILES string of the molecule is CCN(CCCl)S(=O)(=O)c1cn(CC)c(C)n1. The Morgan fingerprint density at radius 3 is 2.53 bits per heavy atom. The minimum absolute atomic E-state index is 0.101. The van der Waals surface area contributed by atoms with Crippen molar-refractivity contribution in [2.45, 2.75) is 32.3 Å². The highest BCUT2D eigenvalue weighted by Crippen LogP contribution is 2.15.